The van der Waals surface area contributed by atoms with Gasteiger partial charge in [0.1, 0.15) is 0 Å². The summed E-state index contributed by atoms with van der Waals surface area (Å²) in [5.41, 5.74) is 1.22. The second kappa shape index (κ2) is 5.01. The van der Waals surface area contributed by atoms with Crippen LogP contribution in [0.25, 0.3) is 0 Å². The molecule has 0 spiro atoms. The SMILES string of the molecule is O=CC(=O)c1ccccc1C1CNCCO1. The molecule has 0 aliphatic carbocycles. The lowest BCUT2D eigenvalue weighted by Gasteiger charge is -2.25. The molecular weight excluding hydrogens is 206 g/mol. The highest BCUT2D eigenvalue weighted by Gasteiger charge is 2.20. The Bertz CT molecular complexity index is 397. The molecule has 0 amide bonds. The standard InChI is InChI=1S/C12H13NO3/c14-8-11(15)9-3-1-2-4-10(9)12-7-13-5-6-16-12/h1-4,8,12-13H,5-7H2. The minimum Gasteiger partial charge on any atom is -0.371 e. The molecule has 2 rings (SSSR count). The van der Waals surface area contributed by atoms with E-state index in [9.17, 15) is 9.59 Å². The Morgan fingerprint density at radius 3 is 2.94 bits per heavy atom. The Morgan fingerprint density at radius 1 is 1.44 bits per heavy atom. The molecule has 1 aliphatic rings. The second-order valence-corrected chi connectivity index (χ2v) is 3.63. The molecule has 1 unspecified atom stereocenters. The van der Waals surface area contributed by atoms with Crippen LogP contribution in [0.5, 0.6) is 0 Å². The van der Waals surface area contributed by atoms with Crippen molar-refractivity contribution in [3.05, 3.63) is 35.4 Å². The molecule has 1 aromatic rings. The van der Waals surface area contributed by atoms with Gasteiger partial charge in [0.25, 0.3) is 0 Å². The highest BCUT2D eigenvalue weighted by atomic mass is 16.5. The van der Waals surface area contributed by atoms with Crippen LogP contribution in [0.3, 0.4) is 0 Å². The summed E-state index contributed by atoms with van der Waals surface area (Å²) in [7, 11) is 0. The van der Waals surface area contributed by atoms with Crippen LogP contribution in [0.2, 0.25) is 0 Å². The fourth-order valence-electron chi connectivity index (χ4n) is 1.83. The zero-order valence-electron chi connectivity index (χ0n) is 8.81. The van der Waals surface area contributed by atoms with E-state index in [4.69, 9.17) is 4.74 Å². The van der Waals surface area contributed by atoms with Gasteiger partial charge in [-0.25, -0.2) is 0 Å². The minimum absolute atomic E-state index is 0.145. The molecule has 0 bridgehead atoms. The first-order chi connectivity index (χ1) is 7.83. The van der Waals surface area contributed by atoms with E-state index in [1.807, 2.05) is 12.1 Å². The number of morpholine rings is 1. The molecule has 0 radical (unpaired) electrons. The highest BCUT2D eigenvalue weighted by molar-refractivity contribution is 6.33. The first-order valence-electron chi connectivity index (χ1n) is 5.23. The van der Waals surface area contributed by atoms with Crippen molar-refractivity contribution in [2.24, 2.45) is 0 Å². The number of Topliss-reactive ketones (excluding diaryl/α,β-unsaturated/α-hetero) is 1. The number of ether oxygens (including phenoxy) is 1. The third-order valence-electron chi connectivity index (χ3n) is 2.61. The van der Waals surface area contributed by atoms with E-state index in [0.29, 0.717) is 25.0 Å². The van der Waals surface area contributed by atoms with Crippen LogP contribution in [0, 0.1) is 0 Å². The van der Waals surface area contributed by atoms with Crippen molar-refractivity contribution >= 4 is 12.1 Å². The summed E-state index contributed by atoms with van der Waals surface area (Å²) in [6.07, 6.45) is 0.198. The van der Waals surface area contributed by atoms with E-state index in [-0.39, 0.29) is 6.10 Å². The summed E-state index contributed by atoms with van der Waals surface area (Å²) in [5, 5.41) is 3.19. The largest absolute Gasteiger partial charge is 0.371 e. The number of hydrogen-bond acceptors (Lipinski definition) is 4. The van der Waals surface area contributed by atoms with Crippen molar-refractivity contribution in [2.75, 3.05) is 19.7 Å². The molecule has 1 atom stereocenters. The van der Waals surface area contributed by atoms with Crippen molar-refractivity contribution in [1.82, 2.24) is 5.32 Å². The molecule has 1 saturated heterocycles. The first kappa shape index (κ1) is 11.0. The summed E-state index contributed by atoms with van der Waals surface area (Å²) >= 11 is 0. The van der Waals surface area contributed by atoms with Crippen molar-refractivity contribution < 1.29 is 14.3 Å². The van der Waals surface area contributed by atoms with E-state index in [1.54, 1.807) is 12.1 Å². The molecule has 4 nitrogen and oxygen atoms in total. The van der Waals surface area contributed by atoms with Crippen molar-refractivity contribution in [3.8, 4) is 0 Å². The molecule has 4 heteroatoms. The van der Waals surface area contributed by atoms with Gasteiger partial charge in [0.2, 0.25) is 5.78 Å². The molecule has 0 aromatic heterocycles. The predicted octanol–water partition coefficient (Wildman–Crippen LogP) is 0.729. The van der Waals surface area contributed by atoms with Gasteiger partial charge < -0.3 is 10.1 Å². The zero-order valence-corrected chi connectivity index (χ0v) is 8.81. The van der Waals surface area contributed by atoms with Crippen LogP contribution < -0.4 is 5.32 Å². The van der Waals surface area contributed by atoms with Gasteiger partial charge in [-0.2, -0.15) is 0 Å². The van der Waals surface area contributed by atoms with Crippen molar-refractivity contribution in [1.29, 1.82) is 0 Å². The number of rotatable bonds is 3. The Labute approximate surface area is 93.6 Å². The highest BCUT2D eigenvalue weighted by Crippen LogP contribution is 2.22. The van der Waals surface area contributed by atoms with E-state index in [0.717, 1.165) is 12.1 Å². The lowest BCUT2D eigenvalue weighted by atomic mass is 9.99. The number of ketones is 1. The molecule has 1 aromatic carbocycles. The summed E-state index contributed by atoms with van der Waals surface area (Å²) in [4.78, 5) is 22.0. The van der Waals surface area contributed by atoms with E-state index < -0.39 is 5.78 Å². The molecular formula is C12H13NO3. The molecule has 1 aliphatic heterocycles. The Kier molecular flexibility index (Phi) is 3.44. The van der Waals surface area contributed by atoms with Crippen molar-refractivity contribution in [3.63, 3.8) is 0 Å². The van der Waals surface area contributed by atoms with Crippen LogP contribution in [0.4, 0.5) is 0 Å². The Hall–Kier alpha value is -1.52. The number of nitrogens with one attached hydrogen (secondary N) is 1. The molecule has 16 heavy (non-hydrogen) atoms. The lowest BCUT2D eigenvalue weighted by molar-refractivity contribution is -0.104. The summed E-state index contributed by atoms with van der Waals surface area (Å²) in [5.74, 6) is -0.496. The summed E-state index contributed by atoms with van der Waals surface area (Å²) in [6.45, 7) is 2.11. The van der Waals surface area contributed by atoms with Crippen LogP contribution in [-0.2, 0) is 9.53 Å². The van der Waals surface area contributed by atoms with Crippen LogP contribution >= 0.6 is 0 Å². The Balaban J connectivity index is 2.31. The van der Waals surface area contributed by atoms with Gasteiger partial charge in [0.15, 0.2) is 6.29 Å². The maximum Gasteiger partial charge on any atom is 0.225 e. The third-order valence-corrected chi connectivity index (χ3v) is 2.61. The van der Waals surface area contributed by atoms with Crippen LogP contribution in [-0.4, -0.2) is 31.8 Å². The molecule has 0 saturated carbocycles. The average molecular weight is 219 g/mol. The second-order valence-electron chi connectivity index (χ2n) is 3.63. The summed E-state index contributed by atoms with van der Waals surface area (Å²) in [6, 6.07) is 7.07. The fraction of sp³-hybridized carbons (Fsp3) is 0.333. The minimum atomic E-state index is -0.496. The first-order valence-corrected chi connectivity index (χ1v) is 5.23. The number of carbonyl (C=O) groups is 2. The number of carbonyl (C=O) groups excluding carboxylic acids is 2. The molecule has 1 fully saturated rings. The maximum absolute atomic E-state index is 11.4. The maximum atomic E-state index is 11.4. The monoisotopic (exact) mass is 219 g/mol. The van der Waals surface area contributed by atoms with Gasteiger partial charge >= 0.3 is 0 Å². The van der Waals surface area contributed by atoms with E-state index in [2.05, 4.69) is 5.32 Å². The third kappa shape index (κ3) is 2.18. The van der Waals surface area contributed by atoms with Gasteiger partial charge in [-0.15, -0.1) is 0 Å². The predicted molar refractivity (Wildman–Crippen MR) is 58.4 cm³/mol. The number of aldehydes is 1. The van der Waals surface area contributed by atoms with Crippen molar-refractivity contribution in [2.45, 2.75) is 6.10 Å². The molecule has 84 valence electrons. The number of hydrogen-bond donors (Lipinski definition) is 1. The zero-order chi connectivity index (χ0) is 11.4. The quantitative estimate of drug-likeness (QED) is 0.462. The van der Waals surface area contributed by atoms with E-state index in [1.165, 1.54) is 0 Å². The molecule has 1 heterocycles. The van der Waals surface area contributed by atoms with Crippen LogP contribution in [0.15, 0.2) is 24.3 Å². The Morgan fingerprint density at radius 2 is 2.25 bits per heavy atom. The number of benzene rings is 1. The van der Waals surface area contributed by atoms with Gasteiger partial charge in [-0.05, 0) is 5.56 Å². The smallest absolute Gasteiger partial charge is 0.225 e. The fourth-order valence-corrected chi connectivity index (χ4v) is 1.83. The van der Waals surface area contributed by atoms with Gasteiger partial charge in [-0.3, -0.25) is 9.59 Å². The summed E-state index contributed by atoms with van der Waals surface area (Å²) < 4.78 is 5.57. The van der Waals surface area contributed by atoms with Gasteiger partial charge in [0.05, 0.1) is 12.7 Å². The average Bonchev–Trinajstić information content (AvgIpc) is 2.39. The topological polar surface area (TPSA) is 55.4 Å². The van der Waals surface area contributed by atoms with Gasteiger partial charge in [0, 0.05) is 18.7 Å². The van der Waals surface area contributed by atoms with Gasteiger partial charge in [-0.1, -0.05) is 24.3 Å². The normalized spacial score (nSPS) is 20.4. The molecule has 1 N–H and O–H groups in total. The van der Waals surface area contributed by atoms with Crippen LogP contribution in [0.1, 0.15) is 22.0 Å². The lowest BCUT2D eigenvalue weighted by Crippen LogP contribution is -2.34. The van der Waals surface area contributed by atoms with E-state index >= 15 is 0 Å².